The number of fused-ring (bicyclic) bond motifs is 1. The molecule has 1 unspecified atom stereocenters. The Kier molecular flexibility index (Phi) is 4.95. The molecule has 4 rings (SSSR count). The van der Waals surface area contributed by atoms with E-state index in [-0.39, 0.29) is 6.03 Å². The molecule has 3 nitrogen and oxygen atoms in total. The summed E-state index contributed by atoms with van der Waals surface area (Å²) in [5, 5.41) is 7.98. The highest BCUT2D eigenvalue weighted by Gasteiger charge is 2.22. The van der Waals surface area contributed by atoms with Crippen molar-refractivity contribution >= 4 is 45.6 Å². The van der Waals surface area contributed by atoms with Crippen molar-refractivity contribution in [1.29, 1.82) is 0 Å². The molecule has 0 bridgehead atoms. The van der Waals surface area contributed by atoms with Crippen molar-refractivity contribution in [3.05, 3.63) is 64.9 Å². The molecule has 1 aromatic heterocycles. The molecule has 0 aliphatic carbocycles. The standard InChI is InChI=1S/C20H20N2OS2/c23-20(21-17-8-3-6-15-5-1-2-7-16(15)17)22-11-10-19(25-14-12-22)18-9-4-13-24-18/h1-9,13,19H,10-12,14H2,(H,21,23). The van der Waals surface area contributed by atoms with Crippen molar-refractivity contribution in [3.63, 3.8) is 0 Å². The Bertz CT molecular complexity index is 858. The molecule has 5 heteroatoms. The Labute approximate surface area is 156 Å². The Hall–Kier alpha value is -1.98. The lowest BCUT2D eigenvalue weighted by atomic mass is 10.1. The van der Waals surface area contributed by atoms with Crippen LogP contribution in [0.1, 0.15) is 16.5 Å². The molecule has 1 N–H and O–H groups in total. The zero-order chi connectivity index (χ0) is 17.1. The maximum Gasteiger partial charge on any atom is 0.321 e. The lowest BCUT2D eigenvalue weighted by molar-refractivity contribution is 0.215. The van der Waals surface area contributed by atoms with Gasteiger partial charge in [-0.1, -0.05) is 42.5 Å². The van der Waals surface area contributed by atoms with Crippen LogP contribution >= 0.6 is 23.1 Å². The summed E-state index contributed by atoms with van der Waals surface area (Å²) in [5.41, 5.74) is 0.884. The van der Waals surface area contributed by atoms with E-state index in [1.807, 2.05) is 52.3 Å². The summed E-state index contributed by atoms with van der Waals surface area (Å²) in [6, 6.07) is 18.5. The fourth-order valence-corrected chi connectivity index (χ4v) is 5.44. The van der Waals surface area contributed by atoms with Gasteiger partial charge in [0.25, 0.3) is 0 Å². The van der Waals surface area contributed by atoms with Crippen LogP contribution in [0.3, 0.4) is 0 Å². The molecule has 0 spiro atoms. The second-order valence-electron chi connectivity index (χ2n) is 6.11. The Morgan fingerprint density at radius 2 is 1.92 bits per heavy atom. The molecule has 2 aromatic carbocycles. The summed E-state index contributed by atoms with van der Waals surface area (Å²) in [4.78, 5) is 16.1. The van der Waals surface area contributed by atoms with E-state index < -0.39 is 0 Å². The number of benzene rings is 2. The topological polar surface area (TPSA) is 32.3 Å². The number of hydrogen-bond acceptors (Lipinski definition) is 3. The average molecular weight is 369 g/mol. The van der Waals surface area contributed by atoms with Gasteiger partial charge in [0.15, 0.2) is 0 Å². The van der Waals surface area contributed by atoms with E-state index in [0.29, 0.717) is 5.25 Å². The lowest BCUT2D eigenvalue weighted by Gasteiger charge is -2.21. The van der Waals surface area contributed by atoms with E-state index in [0.717, 1.165) is 41.7 Å². The highest BCUT2D eigenvalue weighted by Crippen LogP contribution is 2.36. The third-order valence-electron chi connectivity index (χ3n) is 4.52. The Balaban J connectivity index is 1.46. The second kappa shape index (κ2) is 7.50. The number of urea groups is 1. The van der Waals surface area contributed by atoms with Gasteiger partial charge in [-0.05, 0) is 29.3 Å². The molecule has 1 fully saturated rings. The first-order valence-electron chi connectivity index (χ1n) is 8.50. The molecule has 2 amide bonds. The van der Waals surface area contributed by atoms with Crippen LogP contribution in [-0.2, 0) is 0 Å². The molecule has 3 aromatic rings. The number of thioether (sulfide) groups is 1. The fourth-order valence-electron chi connectivity index (χ4n) is 3.20. The van der Waals surface area contributed by atoms with Crippen molar-refractivity contribution in [2.75, 3.05) is 24.2 Å². The number of nitrogens with one attached hydrogen (secondary N) is 1. The third-order valence-corrected chi connectivity index (χ3v) is 6.97. The molecule has 25 heavy (non-hydrogen) atoms. The van der Waals surface area contributed by atoms with Crippen LogP contribution in [0, 0.1) is 0 Å². The van der Waals surface area contributed by atoms with E-state index in [2.05, 4.69) is 41.0 Å². The van der Waals surface area contributed by atoms with Crippen LogP contribution in [0.4, 0.5) is 10.5 Å². The summed E-state index contributed by atoms with van der Waals surface area (Å²) < 4.78 is 0. The normalized spacial score (nSPS) is 18.1. The maximum atomic E-state index is 12.8. The zero-order valence-electron chi connectivity index (χ0n) is 13.9. The van der Waals surface area contributed by atoms with Gasteiger partial charge >= 0.3 is 6.03 Å². The summed E-state index contributed by atoms with van der Waals surface area (Å²) in [6.45, 7) is 1.59. The molecule has 1 saturated heterocycles. The summed E-state index contributed by atoms with van der Waals surface area (Å²) in [6.07, 6.45) is 1.01. The number of rotatable bonds is 2. The molecule has 0 saturated carbocycles. The molecule has 0 radical (unpaired) electrons. The van der Waals surface area contributed by atoms with Crippen molar-refractivity contribution in [3.8, 4) is 0 Å². The van der Waals surface area contributed by atoms with Crippen molar-refractivity contribution in [2.24, 2.45) is 0 Å². The van der Waals surface area contributed by atoms with Crippen LogP contribution in [0.25, 0.3) is 10.8 Å². The van der Waals surface area contributed by atoms with Gasteiger partial charge in [0.1, 0.15) is 0 Å². The van der Waals surface area contributed by atoms with Crippen molar-refractivity contribution < 1.29 is 4.79 Å². The number of anilines is 1. The van der Waals surface area contributed by atoms with Crippen LogP contribution < -0.4 is 5.32 Å². The summed E-state index contributed by atoms with van der Waals surface area (Å²) in [5.74, 6) is 0.978. The first-order chi connectivity index (χ1) is 12.3. The van der Waals surface area contributed by atoms with Gasteiger partial charge in [0.2, 0.25) is 0 Å². The van der Waals surface area contributed by atoms with Gasteiger partial charge < -0.3 is 10.2 Å². The van der Waals surface area contributed by atoms with Crippen molar-refractivity contribution in [2.45, 2.75) is 11.7 Å². The first-order valence-corrected chi connectivity index (χ1v) is 10.4. The van der Waals surface area contributed by atoms with Gasteiger partial charge in [0, 0.05) is 34.4 Å². The SMILES string of the molecule is O=C(Nc1cccc2ccccc12)N1CCSC(c2cccs2)CC1. The lowest BCUT2D eigenvalue weighted by Crippen LogP contribution is -2.36. The number of nitrogens with zero attached hydrogens (tertiary/aromatic N) is 1. The highest BCUT2D eigenvalue weighted by molar-refractivity contribution is 7.99. The van der Waals surface area contributed by atoms with E-state index in [1.165, 1.54) is 4.88 Å². The second-order valence-corrected chi connectivity index (χ2v) is 8.40. The number of amides is 2. The largest absolute Gasteiger partial charge is 0.324 e. The minimum atomic E-state index is 0.00350. The molecule has 1 aliphatic rings. The van der Waals surface area contributed by atoms with E-state index in [4.69, 9.17) is 0 Å². The van der Waals surface area contributed by atoms with Gasteiger partial charge in [-0.25, -0.2) is 4.79 Å². The predicted molar refractivity (Wildman–Crippen MR) is 109 cm³/mol. The number of carbonyl (C=O) groups is 1. The first kappa shape index (κ1) is 16.5. The van der Waals surface area contributed by atoms with E-state index in [9.17, 15) is 4.79 Å². The zero-order valence-corrected chi connectivity index (χ0v) is 15.5. The van der Waals surface area contributed by atoms with Crippen LogP contribution in [0.2, 0.25) is 0 Å². The highest BCUT2D eigenvalue weighted by atomic mass is 32.2. The van der Waals surface area contributed by atoms with Gasteiger partial charge in [0.05, 0.1) is 5.69 Å². The van der Waals surface area contributed by atoms with Gasteiger partial charge in [-0.3, -0.25) is 0 Å². The number of carbonyl (C=O) groups excluding carboxylic acids is 1. The quantitative estimate of drug-likeness (QED) is 0.637. The van der Waals surface area contributed by atoms with Crippen molar-refractivity contribution in [1.82, 2.24) is 4.90 Å². The number of hydrogen-bond donors (Lipinski definition) is 1. The smallest absolute Gasteiger partial charge is 0.321 e. The van der Waals surface area contributed by atoms with Crippen LogP contribution in [0.5, 0.6) is 0 Å². The fraction of sp³-hybridized carbons (Fsp3) is 0.250. The van der Waals surface area contributed by atoms with E-state index >= 15 is 0 Å². The van der Waals surface area contributed by atoms with Gasteiger partial charge in [-0.2, -0.15) is 11.8 Å². The maximum absolute atomic E-state index is 12.8. The molecule has 1 aliphatic heterocycles. The number of thiophene rings is 1. The minimum Gasteiger partial charge on any atom is -0.324 e. The third kappa shape index (κ3) is 3.67. The van der Waals surface area contributed by atoms with Gasteiger partial charge in [-0.15, -0.1) is 11.3 Å². The molecule has 2 heterocycles. The molecule has 128 valence electrons. The molecular formula is C20H20N2OS2. The molecular weight excluding hydrogens is 348 g/mol. The van der Waals surface area contributed by atoms with Crippen LogP contribution in [0.15, 0.2) is 60.0 Å². The monoisotopic (exact) mass is 368 g/mol. The summed E-state index contributed by atoms with van der Waals surface area (Å²) in [7, 11) is 0. The predicted octanol–water partition coefficient (Wildman–Crippen LogP) is 5.61. The molecule has 1 atom stereocenters. The Morgan fingerprint density at radius 3 is 2.80 bits per heavy atom. The van der Waals surface area contributed by atoms with E-state index in [1.54, 1.807) is 0 Å². The average Bonchev–Trinajstić information content (AvgIpc) is 3.06. The minimum absolute atomic E-state index is 0.00350. The summed E-state index contributed by atoms with van der Waals surface area (Å²) >= 11 is 3.77. The van der Waals surface area contributed by atoms with Crippen LogP contribution in [-0.4, -0.2) is 29.8 Å². The Morgan fingerprint density at radius 1 is 1.04 bits per heavy atom.